The van der Waals surface area contributed by atoms with Crippen LogP contribution in [0, 0.1) is 0 Å². The van der Waals surface area contributed by atoms with Crippen molar-refractivity contribution in [3.8, 4) is 0 Å². The monoisotopic (exact) mass is 339 g/mol. The van der Waals surface area contributed by atoms with Gasteiger partial charge < -0.3 is 4.74 Å². The number of ether oxygens (including phenoxy) is 1. The average molecular weight is 340 g/mol. The summed E-state index contributed by atoms with van der Waals surface area (Å²) < 4.78 is 5.84. The highest BCUT2D eigenvalue weighted by molar-refractivity contribution is 9.08. The molecule has 2 aromatic rings. The first-order valence-electron chi connectivity index (χ1n) is 6.24. The Bertz CT molecular complexity index is 510. The molecule has 0 N–H and O–H groups in total. The molecule has 0 radical (unpaired) electrons. The van der Waals surface area contributed by atoms with Gasteiger partial charge in [0.1, 0.15) is 5.01 Å². The van der Waals surface area contributed by atoms with E-state index in [0.717, 1.165) is 16.0 Å². The van der Waals surface area contributed by atoms with Crippen LogP contribution in [0.2, 0.25) is 0 Å². The van der Waals surface area contributed by atoms with E-state index in [4.69, 9.17) is 4.74 Å². The van der Waals surface area contributed by atoms with E-state index in [1.54, 1.807) is 11.3 Å². The Morgan fingerprint density at radius 3 is 2.63 bits per heavy atom. The summed E-state index contributed by atoms with van der Waals surface area (Å²) in [5.41, 5.74) is 2.26. The molecule has 0 amide bonds. The molecule has 0 fully saturated rings. The second kappa shape index (κ2) is 6.64. The van der Waals surface area contributed by atoms with E-state index in [2.05, 4.69) is 52.3 Å². The summed E-state index contributed by atoms with van der Waals surface area (Å²) in [5, 5.41) is 4.04. The van der Waals surface area contributed by atoms with Crippen molar-refractivity contribution in [3.63, 3.8) is 0 Å². The van der Waals surface area contributed by atoms with Gasteiger partial charge in [0.25, 0.3) is 0 Å². The van der Waals surface area contributed by atoms with Gasteiger partial charge in [0.2, 0.25) is 0 Å². The predicted octanol–water partition coefficient (Wildman–Crippen LogP) is 4.53. The Balaban J connectivity index is 1.90. The zero-order chi connectivity index (χ0) is 13.7. The lowest BCUT2D eigenvalue weighted by atomic mass is 9.96. The van der Waals surface area contributed by atoms with Gasteiger partial charge in [0.15, 0.2) is 0 Å². The fourth-order valence-corrected chi connectivity index (χ4v) is 3.17. The molecule has 0 aliphatic carbocycles. The van der Waals surface area contributed by atoms with E-state index in [-0.39, 0.29) is 5.41 Å². The highest BCUT2D eigenvalue weighted by Gasteiger charge is 2.24. The Labute approximate surface area is 127 Å². The van der Waals surface area contributed by atoms with Gasteiger partial charge in [-0.15, -0.1) is 11.3 Å². The summed E-state index contributed by atoms with van der Waals surface area (Å²) in [5.74, 6) is 0. The molecule has 4 heteroatoms. The minimum absolute atomic E-state index is 0.0418. The largest absolute Gasteiger partial charge is 0.376 e. The molecule has 0 aliphatic heterocycles. The van der Waals surface area contributed by atoms with Gasteiger partial charge in [-0.3, -0.25) is 0 Å². The standard InChI is InChI=1S/C15H18BrNOS/c1-15(2,14-17-13(8-16)10-19-14)11-18-9-12-6-4-3-5-7-12/h3-7,10H,8-9,11H2,1-2H3. The van der Waals surface area contributed by atoms with Crippen LogP contribution in [0.15, 0.2) is 35.7 Å². The fraction of sp³-hybridized carbons (Fsp3) is 0.400. The molecule has 1 aromatic carbocycles. The zero-order valence-corrected chi connectivity index (χ0v) is 13.6. The predicted molar refractivity (Wildman–Crippen MR) is 83.9 cm³/mol. The van der Waals surface area contributed by atoms with Gasteiger partial charge >= 0.3 is 0 Å². The summed E-state index contributed by atoms with van der Waals surface area (Å²) in [6, 6.07) is 10.3. The molecule has 19 heavy (non-hydrogen) atoms. The van der Waals surface area contributed by atoms with Crippen molar-refractivity contribution in [1.82, 2.24) is 4.98 Å². The van der Waals surface area contributed by atoms with E-state index >= 15 is 0 Å². The molecular weight excluding hydrogens is 322 g/mol. The summed E-state index contributed by atoms with van der Waals surface area (Å²) in [6.07, 6.45) is 0. The SMILES string of the molecule is CC(C)(COCc1ccccc1)c1nc(CBr)cs1. The van der Waals surface area contributed by atoms with Crippen molar-refractivity contribution < 1.29 is 4.74 Å². The number of nitrogens with zero attached hydrogens (tertiary/aromatic N) is 1. The third-order valence-electron chi connectivity index (χ3n) is 2.84. The molecule has 2 nitrogen and oxygen atoms in total. The van der Waals surface area contributed by atoms with Crippen LogP contribution in [0.4, 0.5) is 0 Å². The topological polar surface area (TPSA) is 22.1 Å². The zero-order valence-electron chi connectivity index (χ0n) is 11.2. The number of halogens is 1. The maximum absolute atomic E-state index is 5.84. The minimum atomic E-state index is -0.0418. The third-order valence-corrected chi connectivity index (χ3v) is 4.67. The van der Waals surface area contributed by atoms with Crippen LogP contribution in [0.1, 0.15) is 30.1 Å². The van der Waals surface area contributed by atoms with Crippen LogP contribution < -0.4 is 0 Å². The first-order valence-corrected chi connectivity index (χ1v) is 8.24. The maximum Gasteiger partial charge on any atom is 0.101 e. The van der Waals surface area contributed by atoms with Crippen LogP contribution in [-0.2, 0) is 22.1 Å². The molecule has 0 atom stereocenters. The smallest absolute Gasteiger partial charge is 0.101 e. The van der Waals surface area contributed by atoms with Gasteiger partial charge in [-0.25, -0.2) is 4.98 Å². The number of thiazole rings is 1. The van der Waals surface area contributed by atoms with Crippen LogP contribution in [0.3, 0.4) is 0 Å². The normalized spacial score (nSPS) is 11.7. The van der Waals surface area contributed by atoms with Gasteiger partial charge in [0.05, 0.1) is 18.9 Å². The lowest BCUT2D eigenvalue weighted by Gasteiger charge is -2.21. The highest BCUT2D eigenvalue weighted by Crippen LogP contribution is 2.27. The van der Waals surface area contributed by atoms with Crippen molar-refractivity contribution in [2.24, 2.45) is 0 Å². The van der Waals surface area contributed by atoms with Crippen LogP contribution >= 0.6 is 27.3 Å². The second-order valence-corrected chi connectivity index (χ2v) is 6.56. The Kier molecular flexibility index (Phi) is 5.13. The first-order chi connectivity index (χ1) is 9.12. The number of rotatable bonds is 6. The molecule has 0 saturated carbocycles. The van der Waals surface area contributed by atoms with E-state index in [0.29, 0.717) is 13.2 Å². The van der Waals surface area contributed by atoms with E-state index in [9.17, 15) is 0 Å². The molecule has 0 bridgehead atoms. The first kappa shape index (κ1) is 14.7. The van der Waals surface area contributed by atoms with E-state index < -0.39 is 0 Å². The summed E-state index contributed by atoms with van der Waals surface area (Å²) >= 11 is 5.14. The quantitative estimate of drug-likeness (QED) is 0.721. The summed E-state index contributed by atoms with van der Waals surface area (Å²) in [4.78, 5) is 4.62. The molecule has 102 valence electrons. The number of alkyl halides is 1. The Morgan fingerprint density at radius 1 is 1.26 bits per heavy atom. The third kappa shape index (κ3) is 4.13. The van der Waals surface area contributed by atoms with Gasteiger partial charge in [-0.1, -0.05) is 60.1 Å². The van der Waals surface area contributed by atoms with Crippen molar-refractivity contribution >= 4 is 27.3 Å². The second-order valence-electron chi connectivity index (χ2n) is 5.14. The molecule has 1 aromatic heterocycles. The molecule has 2 rings (SSSR count). The van der Waals surface area contributed by atoms with Gasteiger partial charge in [-0.2, -0.15) is 0 Å². The van der Waals surface area contributed by atoms with Crippen LogP contribution in [0.5, 0.6) is 0 Å². The fourth-order valence-electron chi connectivity index (χ4n) is 1.74. The maximum atomic E-state index is 5.84. The Hall–Kier alpha value is -0.710. The van der Waals surface area contributed by atoms with Gasteiger partial charge in [0, 0.05) is 16.1 Å². The van der Waals surface area contributed by atoms with Crippen LogP contribution in [-0.4, -0.2) is 11.6 Å². The lowest BCUT2D eigenvalue weighted by molar-refractivity contribution is 0.0824. The molecule has 1 heterocycles. The van der Waals surface area contributed by atoms with Crippen molar-refractivity contribution in [2.45, 2.75) is 31.2 Å². The molecular formula is C15H18BrNOS. The molecule has 0 saturated heterocycles. The van der Waals surface area contributed by atoms with Crippen molar-refractivity contribution in [1.29, 1.82) is 0 Å². The average Bonchev–Trinajstić information content (AvgIpc) is 2.89. The molecule has 0 unspecified atom stereocenters. The summed E-state index contributed by atoms with van der Waals surface area (Å²) in [7, 11) is 0. The number of benzene rings is 1. The molecule has 0 spiro atoms. The summed E-state index contributed by atoms with van der Waals surface area (Å²) in [6.45, 7) is 5.68. The van der Waals surface area contributed by atoms with Crippen molar-refractivity contribution in [2.75, 3.05) is 6.61 Å². The lowest BCUT2D eigenvalue weighted by Crippen LogP contribution is -2.24. The highest BCUT2D eigenvalue weighted by atomic mass is 79.9. The number of hydrogen-bond acceptors (Lipinski definition) is 3. The van der Waals surface area contributed by atoms with Gasteiger partial charge in [-0.05, 0) is 5.56 Å². The van der Waals surface area contributed by atoms with E-state index in [1.165, 1.54) is 5.56 Å². The molecule has 0 aliphatic rings. The number of hydrogen-bond donors (Lipinski definition) is 0. The number of aromatic nitrogens is 1. The Morgan fingerprint density at radius 2 is 2.00 bits per heavy atom. The minimum Gasteiger partial charge on any atom is -0.376 e. The van der Waals surface area contributed by atoms with Crippen LogP contribution in [0.25, 0.3) is 0 Å². The van der Waals surface area contributed by atoms with E-state index in [1.807, 2.05) is 18.2 Å². The van der Waals surface area contributed by atoms with Crippen molar-refractivity contribution in [3.05, 3.63) is 52.0 Å².